The average molecular weight is 314 g/mol. The molecule has 0 unspecified atom stereocenters. The van der Waals surface area contributed by atoms with Crippen LogP contribution in [0.5, 0.6) is 0 Å². The molecule has 1 aromatic rings. The smallest absolute Gasteiger partial charge is 0.275 e. The second kappa shape index (κ2) is 7.65. The first-order valence-corrected chi connectivity index (χ1v) is 6.85. The van der Waals surface area contributed by atoms with Gasteiger partial charge in [0.1, 0.15) is 5.82 Å². The van der Waals surface area contributed by atoms with E-state index < -0.39 is 4.92 Å². The van der Waals surface area contributed by atoms with Crippen molar-refractivity contribution in [2.75, 3.05) is 18.6 Å². The summed E-state index contributed by atoms with van der Waals surface area (Å²) in [6, 6.07) is 3.31. The van der Waals surface area contributed by atoms with E-state index in [-0.39, 0.29) is 11.9 Å². The van der Waals surface area contributed by atoms with E-state index in [1.807, 2.05) is 0 Å². The molecule has 1 aromatic heterocycles. The minimum atomic E-state index is -0.540. The molecule has 2 rings (SSSR count). The molecule has 1 aliphatic rings. The van der Waals surface area contributed by atoms with Crippen LogP contribution in [0.4, 0.5) is 5.82 Å². The fourth-order valence-corrected chi connectivity index (χ4v) is 1.95. The normalized spacial score (nSPS) is 18.3. The number of halogens is 1. The molecular weight excluding hydrogens is 298 g/mol. The van der Waals surface area contributed by atoms with Crippen LogP contribution in [-0.2, 0) is 4.74 Å². The highest BCUT2D eigenvalue weighted by Gasteiger charge is 2.16. The van der Waals surface area contributed by atoms with Gasteiger partial charge in [-0.2, -0.15) is 0 Å². The summed E-state index contributed by atoms with van der Waals surface area (Å²) < 4.78 is 5.45. The van der Waals surface area contributed by atoms with Gasteiger partial charge in [-0.25, -0.2) is 4.98 Å². The maximum absolute atomic E-state index is 10.6. The van der Waals surface area contributed by atoms with Crippen LogP contribution in [0.3, 0.4) is 0 Å². The zero-order valence-corrected chi connectivity index (χ0v) is 12.0. The van der Waals surface area contributed by atoms with E-state index >= 15 is 0 Å². The van der Waals surface area contributed by atoms with Crippen LogP contribution < -0.4 is 16.2 Å². The number of nitro groups is 1. The fourth-order valence-electron chi connectivity index (χ4n) is 1.84. The molecular formula is C12H16ClN5O3. The standard InChI is InChI=1S/C12H16ClN5O3/c13-9-3-4-11(14-6-9)16-17-12(8-18(19)20)15-7-10-2-1-5-21-10/h3-4,6,8,10,15,17H,1-2,5,7H2,(H,14,16)/t10-/m0/s1. The van der Waals surface area contributed by atoms with Gasteiger partial charge in [0.25, 0.3) is 6.20 Å². The summed E-state index contributed by atoms with van der Waals surface area (Å²) in [5.41, 5.74) is 5.46. The van der Waals surface area contributed by atoms with E-state index in [1.54, 1.807) is 12.1 Å². The Hall–Kier alpha value is -2.06. The first kappa shape index (κ1) is 15.3. The highest BCUT2D eigenvalue weighted by Crippen LogP contribution is 2.11. The number of nitrogens with one attached hydrogen (secondary N) is 3. The number of ether oxygens (including phenoxy) is 1. The fraction of sp³-hybridized carbons (Fsp3) is 0.417. The number of anilines is 1. The number of aromatic nitrogens is 1. The molecule has 8 nitrogen and oxygen atoms in total. The first-order valence-electron chi connectivity index (χ1n) is 6.48. The topological polar surface area (TPSA) is 101 Å². The Kier molecular flexibility index (Phi) is 5.59. The number of hydrogen-bond donors (Lipinski definition) is 3. The molecule has 1 aliphatic heterocycles. The number of rotatable bonds is 7. The van der Waals surface area contributed by atoms with E-state index in [2.05, 4.69) is 21.2 Å². The second-order valence-corrected chi connectivity index (χ2v) is 4.89. The molecule has 114 valence electrons. The van der Waals surface area contributed by atoms with Gasteiger partial charge >= 0.3 is 0 Å². The monoisotopic (exact) mass is 313 g/mol. The van der Waals surface area contributed by atoms with Gasteiger partial charge in [-0.05, 0) is 25.0 Å². The van der Waals surface area contributed by atoms with E-state index in [9.17, 15) is 10.1 Å². The molecule has 1 atom stereocenters. The lowest BCUT2D eigenvalue weighted by atomic mass is 10.2. The number of hydrazine groups is 1. The van der Waals surface area contributed by atoms with Gasteiger partial charge in [0.15, 0.2) is 5.82 Å². The van der Waals surface area contributed by atoms with Crippen LogP contribution in [0.2, 0.25) is 5.02 Å². The molecule has 0 amide bonds. The lowest BCUT2D eigenvalue weighted by Crippen LogP contribution is -2.35. The Morgan fingerprint density at radius 2 is 2.48 bits per heavy atom. The van der Waals surface area contributed by atoms with Gasteiger partial charge in [-0.15, -0.1) is 0 Å². The summed E-state index contributed by atoms with van der Waals surface area (Å²) in [7, 11) is 0. The van der Waals surface area contributed by atoms with Crippen LogP contribution in [0.15, 0.2) is 30.4 Å². The third-order valence-electron chi connectivity index (χ3n) is 2.83. The van der Waals surface area contributed by atoms with Crippen LogP contribution >= 0.6 is 11.6 Å². The summed E-state index contributed by atoms with van der Waals surface area (Å²) in [6.07, 6.45) is 4.36. The number of pyridine rings is 1. The third-order valence-corrected chi connectivity index (χ3v) is 3.05. The maximum Gasteiger partial charge on any atom is 0.275 e. The van der Waals surface area contributed by atoms with E-state index in [0.29, 0.717) is 17.4 Å². The zero-order valence-electron chi connectivity index (χ0n) is 11.2. The lowest BCUT2D eigenvalue weighted by Gasteiger charge is -2.15. The Morgan fingerprint density at radius 3 is 3.10 bits per heavy atom. The minimum Gasteiger partial charge on any atom is -0.376 e. The lowest BCUT2D eigenvalue weighted by molar-refractivity contribution is -0.404. The van der Waals surface area contributed by atoms with Crippen molar-refractivity contribution in [1.82, 2.24) is 15.7 Å². The van der Waals surface area contributed by atoms with Crippen LogP contribution in [0, 0.1) is 10.1 Å². The summed E-state index contributed by atoms with van der Waals surface area (Å²) in [4.78, 5) is 14.1. The molecule has 0 bridgehead atoms. The molecule has 2 heterocycles. The SMILES string of the molecule is O=[N+]([O-])C=C(NC[C@@H]1CCCO1)NNc1ccc(Cl)cn1. The Morgan fingerprint density at radius 1 is 1.62 bits per heavy atom. The van der Waals surface area contributed by atoms with Gasteiger partial charge in [0.05, 0.1) is 16.0 Å². The van der Waals surface area contributed by atoms with Gasteiger partial charge < -0.3 is 10.1 Å². The Balaban J connectivity index is 1.86. The van der Waals surface area contributed by atoms with Crippen molar-refractivity contribution in [2.24, 2.45) is 0 Å². The molecule has 1 fully saturated rings. The van der Waals surface area contributed by atoms with Crippen molar-refractivity contribution in [2.45, 2.75) is 18.9 Å². The van der Waals surface area contributed by atoms with E-state index in [4.69, 9.17) is 16.3 Å². The molecule has 0 aromatic carbocycles. The molecule has 3 N–H and O–H groups in total. The van der Waals surface area contributed by atoms with Gasteiger partial charge in [-0.3, -0.25) is 21.0 Å². The zero-order chi connectivity index (χ0) is 15.1. The summed E-state index contributed by atoms with van der Waals surface area (Å²) >= 11 is 5.73. The number of nitrogens with zero attached hydrogens (tertiary/aromatic N) is 2. The molecule has 0 spiro atoms. The highest BCUT2D eigenvalue weighted by molar-refractivity contribution is 6.30. The van der Waals surface area contributed by atoms with E-state index in [1.165, 1.54) is 6.20 Å². The predicted molar refractivity (Wildman–Crippen MR) is 78.1 cm³/mol. The Labute approximate surface area is 126 Å². The number of hydrogen-bond acceptors (Lipinski definition) is 7. The van der Waals surface area contributed by atoms with Crippen molar-refractivity contribution in [3.05, 3.63) is 45.5 Å². The van der Waals surface area contributed by atoms with Crippen LogP contribution in [0.1, 0.15) is 12.8 Å². The maximum atomic E-state index is 10.6. The third kappa shape index (κ3) is 5.44. The molecule has 9 heteroatoms. The largest absolute Gasteiger partial charge is 0.376 e. The minimum absolute atomic E-state index is 0.0793. The van der Waals surface area contributed by atoms with Crippen molar-refractivity contribution in [3.8, 4) is 0 Å². The van der Waals surface area contributed by atoms with Crippen molar-refractivity contribution in [1.29, 1.82) is 0 Å². The first-order chi connectivity index (χ1) is 10.1. The molecule has 1 saturated heterocycles. The molecule has 0 radical (unpaired) electrons. The predicted octanol–water partition coefficient (Wildman–Crippen LogP) is 1.50. The van der Waals surface area contributed by atoms with Crippen molar-refractivity contribution in [3.63, 3.8) is 0 Å². The molecule has 0 aliphatic carbocycles. The Bertz CT molecular complexity index is 502. The van der Waals surface area contributed by atoms with Crippen LogP contribution in [-0.4, -0.2) is 29.2 Å². The average Bonchev–Trinajstić information content (AvgIpc) is 2.96. The molecule has 21 heavy (non-hydrogen) atoms. The van der Waals surface area contributed by atoms with Gasteiger partial charge in [-0.1, -0.05) is 11.6 Å². The van der Waals surface area contributed by atoms with E-state index in [0.717, 1.165) is 25.6 Å². The van der Waals surface area contributed by atoms with Gasteiger partial charge in [0, 0.05) is 19.3 Å². The molecule has 0 saturated carbocycles. The second-order valence-electron chi connectivity index (χ2n) is 4.46. The summed E-state index contributed by atoms with van der Waals surface area (Å²) in [5.74, 6) is 0.722. The van der Waals surface area contributed by atoms with Crippen molar-refractivity contribution < 1.29 is 9.66 Å². The van der Waals surface area contributed by atoms with Gasteiger partial charge in [0.2, 0.25) is 0 Å². The van der Waals surface area contributed by atoms with Crippen LogP contribution in [0.25, 0.3) is 0 Å². The van der Waals surface area contributed by atoms with Crippen molar-refractivity contribution >= 4 is 17.4 Å². The summed E-state index contributed by atoms with van der Waals surface area (Å²) in [6.45, 7) is 1.24. The quantitative estimate of drug-likeness (QED) is 0.518. The summed E-state index contributed by atoms with van der Waals surface area (Å²) in [5, 5.41) is 14.1. The highest BCUT2D eigenvalue weighted by atomic mass is 35.5.